The standard InChI is InChI=1S/C22H26N4O2S2/c1-2-9-26-21(28)18-7-3-4-8-19(18)23-22(26)30-16-20(27)25-12-10-24(11-13-25)15-17-6-5-14-29-17/h3-8,14H,2,9-13,15-16H2,1H3. The smallest absolute Gasteiger partial charge is 0.262 e. The molecule has 1 fully saturated rings. The second kappa shape index (κ2) is 9.76. The number of carbonyl (C=O) groups excluding carboxylic acids is 1. The number of thiophene rings is 1. The summed E-state index contributed by atoms with van der Waals surface area (Å²) in [5.41, 5.74) is 0.659. The van der Waals surface area contributed by atoms with Gasteiger partial charge in [-0.05, 0) is 30.0 Å². The van der Waals surface area contributed by atoms with Gasteiger partial charge in [-0.3, -0.25) is 19.1 Å². The number of hydrogen-bond donors (Lipinski definition) is 0. The van der Waals surface area contributed by atoms with Gasteiger partial charge in [-0.2, -0.15) is 0 Å². The van der Waals surface area contributed by atoms with Crippen molar-refractivity contribution in [3.63, 3.8) is 0 Å². The Kier molecular flexibility index (Phi) is 6.86. The van der Waals surface area contributed by atoms with Gasteiger partial charge in [0.25, 0.3) is 5.56 Å². The zero-order valence-electron chi connectivity index (χ0n) is 17.1. The first-order valence-electron chi connectivity index (χ1n) is 10.3. The van der Waals surface area contributed by atoms with E-state index in [1.807, 2.05) is 36.1 Å². The van der Waals surface area contributed by atoms with Crippen LogP contribution in [0.2, 0.25) is 0 Å². The summed E-state index contributed by atoms with van der Waals surface area (Å²) in [7, 11) is 0. The maximum Gasteiger partial charge on any atom is 0.262 e. The highest BCUT2D eigenvalue weighted by atomic mass is 32.2. The number of aromatic nitrogens is 2. The molecule has 158 valence electrons. The number of nitrogens with zero attached hydrogens (tertiary/aromatic N) is 4. The van der Waals surface area contributed by atoms with Gasteiger partial charge in [0.15, 0.2) is 5.16 Å². The van der Waals surface area contributed by atoms with Gasteiger partial charge >= 0.3 is 0 Å². The quantitative estimate of drug-likeness (QED) is 0.415. The van der Waals surface area contributed by atoms with E-state index in [1.165, 1.54) is 16.6 Å². The lowest BCUT2D eigenvalue weighted by Crippen LogP contribution is -2.48. The van der Waals surface area contributed by atoms with Crippen LogP contribution >= 0.6 is 23.1 Å². The number of carbonyl (C=O) groups is 1. The van der Waals surface area contributed by atoms with Crippen LogP contribution in [-0.4, -0.2) is 57.2 Å². The first kappa shape index (κ1) is 21.1. The fraction of sp³-hybridized carbons (Fsp3) is 0.409. The summed E-state index contributed by atoms with van der Waals surface area (Å²) in [5.74, 6) is 0.417. The maximum atomic E-state index is 12.9. The predicted molar refractivity (Wildman–Crippen MR) is 123 cm³/mol. The van der Waals surface area contributed by atoms with Gasteiger partial charge < -0.3 is 4.90 Å². The van der Waals surface area contributed by atoms with Gasteiger partial charge in [0, 0.05) is 44.1 Å². The van der Waals surface area contributed by atoms with Crippen LogP contribution in [0.5, 0.6) is 0 Å². The van der Waals surface area contributed by atoms with Crippen LogP contribution in [0.15, 0.2) is 51.7 Å². The highest BCUT2D eigenvalue weighted by molar-refractivity contribution is 7.99. The van der Waals surface area contributed by atoms with Crippen molar-refractivity contribution in [3.05, 3.63) is 57.0 Å². The first-order chi connectivity index (χ1) is 14.7. The lowest BCUT2D eigenvalue weighted by molar-refractivity contribution is -0.130. The minimum absolute atomic E-state index is 0.0282. The minimum Gasteiger partial charge on any atom is -0.339 e. The van der Waals surface area contributed by atoms with Crippen LogP contribution in [0.3, 0.4) is 0 Å². The number of para-hydroxylation sites is 1. The van der Waals surface area contributed by atoms with Gasteiger partial charge in [-0.1, -0.05) is 36.9 Å². The Balaban J connectivity index is 1.38. The van der Waals surface area contributed by atoms with Crippen molar-refractivity contribution in [2.75, 3.05) is 31.9 Å². The number of amides is 1. The molecule has 3 heterocycles. The van der Waals surface area contributed by atoms with Crippen LogP contribution in [0.4, 0.5) is 0 Å². The third-order valence-electron chi connectivity index (χ3n) is 5.28. The molecule has 2 aromatic heterocycles. The van der Waals surface area contributed by atoms with E-state index < -0.39 is 0 Å². The Morgan fingerprint density at radius 3 is 2.67 bits per heavy atom. The Hall–Kier alpha value is -2.16. The molecule has 4 rings (SSSR count). The zero-order valence-corrected chi connectivity index (χ0v) is 18.8. The molecule has 0 aliphatic carbocycles. The summed E-state index contributed by atoms with van der Waals surface area (Å²) >= 11 is 3.15. The van der Waals surface area contributed by atoms with Crippen LogP contribution in [0.1, 0.15) is 18.2 Å². The Bertz CT molecular complexity index is 1060. The van der Waals surface area contributed by atoms with Crippen molar-refractivity contribution >= 4 is 39.9 Å². The molecule has 30 heavy (non-hydrogen) atoms. The molecule has 1 aromatic carbocycles. The normalized spacial score (nSPS) is 15.0. The summed E-state index contributed by atoms with van der Waals surface area (Å²) < 4.78 is 1.71. The molecule has 1 aliphatic heterocycles. The number of thioether (sulfide) groups is 1. The van der Waals surface area contributed by atoms with Gasteiger partial charge in [0.1, 0.15) is 0 Å². The van der Waals surface area contributed by atoms with E-state index in [-0.39, 0.29) is 11.5 Å². The SMILES string of the molecule is CCCn1c(SCC(=O)N2CCN(Cc3cccs3)CC2)nc2ccccc2c1=O. The van der Waals surface area contributed by atoms with Gasteiger partial charge in [-0.25, -0.2) is 4.98 Å². The van der Waals surface area contributed by atoms with Crippen molar-refractivity contribution in [1.29, 1.82) is 0 Å². The largest absolute Gasteiger partial charge is 0.339 e. The Morgan fingerprint density at radius 1 is 1.13 bits per heavy atom. The molecule has 1 saturated heterocycles. The van der Waals surface area contributed by atoms with E-state index in [9.17, 15) is 9.59 Å². The van der Waals surface area contributed by atoms with E-state index in [0.29, 0.717) is 28.4 Å². The van der Waals surface area contributed by atoms with E-state index >= 15 is 0 Å². The molecule has 0 unspecified atom stereocenters. The number of benzene rings is 1. The molecule has 0 N–H and O–H groups in total. The number of rotatable bonds is 7. The van der Waals surface area contributed by atoms with Crippen molar-refractivity contribution in [2.24, 2.45) is 0 Å². The predicted octanol–water partition coefficient (Wildman–Crippen LogP) is 3.30. The molecule has 0 saturated carbocycles. The van der Waals surface area contributed by atoms with Crippen molar-refractivity contribution < 1.29 is 4.79 Å². The monoisotopic (exact) mass is 442 g/mol. The lowest BCUT2D eigenvalue weighted by atomic mass is 10.2. The van der Waals surface area contributed by atoms with Gasteiger partial charge in [-0.15, -0.1) is 11.3 Å². The molecule has 8 heteroatoms. The third kappa shape index (κ3) is 4.77. The molecular weight excluding hydrogens is 416 g/mol. The van der Waals surface area contributed by atoms with Crippen molar-refractivity contribution in [2.45, 2.75) is 31.6 Å². The average Bonchev–Trinajstić information content (AvgIpc) is 3.28. The Morgan fingerprint density at radius 2 is 1.93 bits per heavy atom. The number of fused-ring (bicyclic) bond motifs is 1. The second-order valence-corrected chi connectivity index (χ2v) is 9.37. The average molecular weight is 443 g/mol. The van der Waals surface area contributed by atoms with E-state index in [2.05, 4.69) is 27.4 Å². The van der Waals surface area contributed by atoms with Gasteiger partial charge in [0.05, 0.1) is 16.7 Å². The molecule has 0 bridgehead atoms. The minimum atomic E-state index is -0.0282. The van der Waals surface area contributed by atoms with E-state index in [4.69, 9.17) is 0 Å². The molecular formula is C22H26N4O2S2. The highest BCUT2D eigenvalue weighted by Crippen LogP contribution is 2.20. The number of piperazine rings is 1. The molecule has 1 aliphatic rings. The maximum absolute atomic E-state index is 12.9. The summed E-state index contributed by atoms with van der Waals surface area (Å²) in [6.45, 7) is 6.88. The molecule has 6 nitrogen and oxygen atoms in total. The molecule has 0 radical (unpaired) electrons. The highest BCUT2D eigenvalue weighted by Gasteiger charge is 2.22. The zero-order chi connectivity index (χ0) is 20.9. The van der Waals surface area contributed by atoms with Crippen LogP contribution in [0.25, 0.3) is 10.9 Å². The fourth-order valence-electron chi connectivity index (χ4n) is 3.67. The van der Waals surface area contributed by atoms with Crippen LogP contribution in [-0.2, 0) is 17.9 Å². The van der Waals surface area contributed by atoms with Crippen LogP contribution < -0.4 is 5.56 Å². The molecule has 0 spiro atoms. The molecule has 1 amide bonds. The number of hydrogen-bond acceptors (Lipinski definition) is 6. The summed E-state index contributed by atoms with van der Waals surface area (Å²) in [6, 6.07) is 11.6. The van der Waals surface area contributed by atoms with Gasteiger partial charge in [0.2, 0.25) is 5.91 Å². The van der Waals surface area contributed by atoms with Crippen molar-refractivity contribution in [1.82, 2.24) is 19.4 Å². The van der Waals surface area contributed by atoms with Crippen molar-refractivity contribution in [3.8, 4) is 0 Å². The summed E-state index contributed by atoms with van der Waals surface area (Å²) in [5, 5.41) is 3.36. The topological polar surface area (TPSA) is 58.4 Å². The third-order valence-corrected chi connectivity index (χ3v) is 7.11. The van der Waals surface area contributed by atoms with E-state index in [1.54, 1.807) is 15.9 Å². The fourth-order valence-corrected chi connectivity index (χ4v) is 5.35. The second-order valence-electron chi connectivity index (χ2n) is 7.39. The van der Waals surface area contributed by atoms with Crippen LogP contribution in [0, 0.1) is 0 Å². The Labute approximate surface area is 184 Å². The lowest BCUT2D eigenvalue weighted by Gasteiger charge is -2.34. The first-order valence-corrected chi connectivity index (χ1v) is 12.2. The van der Waals surface area contributed by atoms with E-state index in [0.717, 1.165) is 39.1 Å². The molecule has 0 atom stereocenters. The summed E-state index contributed by atoms with van der Waals surface area (Å²) in [4.78, 5) is 36.0. The summed E-state index contributed by atoms with van der Waals surface area (Å²) in [6.07, 6.45) is 0.841. The molecule has 3 aromatic rings.